The first-order valence-electron chi connectivity index (χ1n) is 7.00. The molecule has 1 heterocycles. The van der Waals surface area contributed by atoms with Gasteiger partial charge in [0.25, 0.3) is 0 Å². The quantitative estimate of drug-likeness (QED) is 0.897. The van der Waals surface area contributed by atoms with Gasteiger partial charge in [0.15, 0.2) is 5.82 Å². The Kier molecular flexibility index (Phi) is 3.83. The highest BCUT2D eigenvalue weighted by Gasteiger charge is 2.34. The summed E-state index contributed by atoms with van der Waals surface area (Å²) in [5.74, 6) is 0.443. The fraction of sp³-hybridized carbons (Fsp3) is 0.846. The Hall–Kier alpha value is -1.11. The Morgan fingerprint density at radius 1 is 1.30 bits per heavy atom. The van der Waals surface area contributed by atoms with Gasteiger partial charge in [-0.2, -0.15) is 0 Å². The molecule has 0 aliphatic heterocycles. The molecule has 2 N–H and O–H groups in total. The summed E-state index contributed by atoms with van der Waals surface area (Å²) in [5, 5.41) is 7.88. The van der Waals surface area contributed by atoms with E-state index in [9.17, 15) is 8.42 Å². The Morgan fingerprint density at radius 3 is 2.50 bits per heavy atom. The molecule has 7 heteroatoms. The zero-order valence-corrected chi connectivity index (χ0v) is 13.4. The van der Waals surface area contributed by atoms with Crippen LogP contribution in [0.1, 0.15) is 58.2 Å². The van der Waals surface area contributed by atoms with Gasteiger partial charge in [-0.1, -0.05) is 32.4 Å². The number of anilines is 1. The zero-order chi connectivity index (χ0) is 15.1. The SMILES string of the molecule is CC(C)(C)c1c(N)nnn1C1CCCC(S(C)(=O)=O)C1. The van der Waals surface area contributed by atoms with Gasteiger partial charge < -0.3 is 5.73 Å². The Morgan fingerprint density at radius 2 is 1.95 bits per heavy atom. The molecule has 114 valence electrons. The lowest BCUT2D eigenvalue weighted by molar-refractivity contribution is 0.305. The third-order valence-electron chi connectivity index (χ3n) is 3.98. The molecule has 2 unspecified atom stereocenters. The Balaban J connectivity index is 2.33. The average molecular weight is 300 g/mol. The maximum Gasteiger partial charge on any atom is 0.169 e. The molecule has 1 aromatic heterocycles. The topological polar surface area (TPSA) is 90.9 Å². The highest BCUT2D eigenvalue weighted by atomic mass is 32.2. The lowest BCUT2D eigenvalue weighted by Crippen LogP contribution is -2.31. The molecule has 2 rings (SSSR count). The predicted octanol–water partition coefficient (Wildman–Crippen LogP) is 1.69. The van der Waals surface area contributed by atoms with Gasteiger partial charge in [-0.3, -0.25) is 0 Å². The van der Waals surface area contributed by atoms with Crippen LogP contribution in [0.5, 0.6) is 0 Å². The van der Waals surface area contributed by atoms with Crippen molar-refractivity contribution < 1.29 is 8.42 Å². The van der Waals surface area contributed by atoms with Crippen LogP contribution in [-0.2, 0) is 15.3 Å². The van der Waals surface area contributed by atoms with Crippen molar-refractivity contribution in [3.05, 3.63) is 5.69 Å². The second-order valence-electron chi connectivity index (χ2n) is 6.79. The van der Waals surface area contributed by atoms with E-state index < -0.39 is 9.84 Å². The zero-order valence-electron chi connectivity index (χ0n) is 12.6. The fourth-order valence-electron chi connectivity index (χ4n) is 3.02. The van der Waals surface area contributed by atoms with Crippen molar-refractivity contribution in [1.82, 2.24) is 15.0 Å². The number of hydrogen-bond donors (Lipinski definition) is 1. The molecule has 0 saturated heterocycles. The van der Waals surface area contributed by atoms with E-state index in [1.165, 1.54) is 6.26 Å². The van der Waals surface area contributed by atoms with Crippen LogP contribution in [0.15, 0.2) is 0 Å². The van der Waals surface area contributed by atoms with Gasteiger partial charge in [0.05, 0.1) is 17.0 Å². The third-order valence-corrected chi connectivity index (χ3v) is 5.62. The summed E-state index contributed by atoms with van der Waals surface area (Å²) in [5.41, 5.74) is 6.68. The molecule has 0 bridgehead atoms. The average Bonchev–Trinajstić information content (AvgIpc) is 2.70. The van der Waals surface area contributed by atoms with Gasteiger partial charge in [0, 0.05) is 11.7 Å². The van der Waals surface area contributed by atoms with Crippen LogP contribution in [0.25, 0.3) is 0 Å². The van der Waals surface area contributed by atoms with E-state index in [0.29, 0.717) is 12.2 Å². The van der Waals surface area contributed by atoms with E-state index in [-0.39, 0.29) is 16.7 Å². The largest absolute Gasteiger partial charge is 0.381 e. The standard InChI is InChI=1S/C13H24N4O2S/c1-13(2,3)11-12(14)15-16-17(11)9-6-5-7-10(8-9)20(4,18)19/h9-10H,5-8,14H2,1-4H3. The first-order chi connectivity index (χ1) is 9.10. The van der Waals surface area contributed by atoms with Gasteiger partial charge in [-0.25, -0.2) is 13.1 Å². The van der Waals surface area contributed by atoms with Gasteiger partial charge in [-0.05, 0) is 19.3 Å². The molecular formula is C13H24N4O2S. The fourth-order valence-corrected chi connectivity index (χ4v) is 4.19. The minimum absolute atomic E-state index is 0.0718. The van der Waals surface area contributed by atoms with Gasteiger partial charge in [-0.15, -0.1) is 5.10 Å². The number of sulfone groups is 1. The van der Waals surface area contributed by atoms with E-state index in [1.54, 1.807) is 0 Å². The van der Waals surface area contributed by atoms with Crippen molar-refractivity contribution in [2.45, 2.75) is 63.2 Å². The van der Waals surface area contributed by atoms with E-state index in [1.807, 2.05) is 4.68 Å². The molecule has 20 heavy (non-hydrogen) atoms. The van der Waals surface area contributed by atoms with Crippen molar-refractivity contribution in [3.63, 3.8) is 0 Å². The lowest BCUT2D eigenvalue weighted by atomic mass is 9.89. The normalized spacial score (nSPS) is 24.8. The molecule has 2 atom stereocenters. The number of nitrogens with two attached hydrogens (primary N) is 1. The molecule has 1 aromatic rings. The molecular weight excluding hydrogens is 276 g/mol. The number of nitrogens with zero attached hydrogens (tertiary/aromatic N) is 3. The van der Waals surface area contributed by atoms with Gasteiger partial charge in [0.1, 0.15) is 9.84 Å². The van der Waals surface area contributed by atoms with Crippen molar-refractivity contribution in [2.24, 2.45) is 0 Å². The second kappa shape index (κ2) is 5.02. The summed E-state index contributed by atoms with van der Waals surface area (Å²) in [6.07, 6.45) is 4.49. The predicted molar refractivity (Wildman–Crippen MR) is 79.3 cm³/mol. The van der Waals surface area contributed by atoms with Crippen LogP contribution in [0.2, 0.25) is 0 Å². The van der Waals surface area contributed by atoms with E-state index in [2.05, 4.69) is 31.1 Å². The van der Waals surface area contributed by atoms with Crippen LogP contribution in [0.3, 0.4) is 0 Å². The molecule has 0 spiro atoms. The van der Waals surface area contributed by atoms with E-state index in [4.69, 9.17) is 5.73 Å². The van der Waals surface area contributed by atoms with Crippen molar-refractivity contribution in [3.8, 4) is 0 Å². The number of rotatable bonds is 2. The molecule has 6 nitrogen and oxygen atoms in total. The van der Waals surface area contributed by atoms with Crippen molar-refractivity contribution >= 4 is 15.7 Å². The molecule has 1 aliphatic carbocycles. The molecule has 0 aromatic carbocycles. The summed E-state index contributed by atoms with van der Waals surface area (Å²) in [7, 11) is -3.00. The summed E-state index contributed by atoms with van der Waals surface area (Å²) in [6, 6.07) is 0.0718. The smallest absolute Gasteiger partial charge is 0.169 e. The van der Waals surface area contributed by atoms with Gasteiger partial charge >= 0.3 is 0 Å². The highest BCUT2D eigenvalue weighted by Crippen LogP contribution is 2.36. The summed E-state index contributed by atoms with van der Waals surface area (Å²) in [6.45, 7) is 6.19. The highest BCUT2D eigenvalue weighted by molar-refractivity contribution is 7.91. The van der Waals surface area contributed by atoms with E-state index >= 15 is 0 Å². The molecule has 0 radical (unpaired) electrons. The first kappa shape index (κ1) is 15.3. The maximum atomic E-state index is 11.8. The van der Waals surface area contributed by atoms with E-state index in [0.717, 1.165) is 25.0 Å². The number of nitrogen functional groups attached to an aromatic ring is 1. The van der Waals surface area contributed by atoms with Crippen LogP contribution >= 0.6 is 0 Å². The van der Waals surface area contributed by atoms with Crippen LogP contribution in [0, 0.1) is 0 Å². The number of aromatic nitrogens is 3. The monoisotopic (exact) mass is 300 g/mol. The van der Waals surface area contributed by atoms with Crippen molar-refractivity contribution in [2.75, 3.05) is 12.0 Å². The Labute approximate surface area is 120 Å². The minimum Gasteiger partial charge on any atom is -0.381 e. The van der Waals surface area contributed by atoms with Gasteiger partial charge in [0.2, 0.25) is 0 Å². The minimum atomic E-state index is -3.00. The second-order valence-corrected chi connectivity index (χ2v) is 9.12. The Bertz CT molecular complexity index is 586. The number of hydrogen-bond acceptors (Lipinski definition) is 5. The van der Waals surface area contributed by atoms with Crippen molar-refractivity contribution in [1.29, 1.82) is 0 Å². The third kappa shape index (κ3) is 2.97. The molecule has 1 aliphatic rings. The van der Waals surface area contributed by atoms with Crippen LogP contribution in [-0.4, -0.2) is 34.9 Å². The molecule has 0 amide bonds. The summed E-state index contributed by atoms with van der Waals surface area (Å²) >= 11 is 0. The lowest BCUT2D eigenvalue weighted by Gasteiger charge is -2.31. The van der Waals surface area contributed by atoms with Crippen LogP contribution < -0.4 is 5.73 Å². The molecule has 1 fully saturated rings. The summed E-state index contributed by atoms with van der Waals surface area (Å²) < 4.78 is 25.4. The summed E-state index contributed by atoms with van der Waals surface area (Å²) in [4.78, 5) is 0. The van der Waals surface area contributed by atoms with Crippen LogP contribution in [0.4, 0.5) is 5.82 Å². The maximum absolute atomic E-state index is 11.8. The first-order valence-corrected chi connectivity index (χ1v) is 8.96. The molecule has 1 saturated carbocycles.